The van der Waals surface area contributed by atoms with Crippen LogP contribution in [0.3, 0.4) is 0 Å². The first-order valence-corrected chi connectivity index (χ1v) is 5.73. The first-order valence-electron chi connectivity index (χ1n) is 5.36. The first kappa shape index (κ1) is 12.4. The fourth-order valence-corrected chi connectivity index (χ4v) is 1.72. The maximum atomic E-state index is 12.0. The molecule has 0 radical (unpaired) electrons. The van der Waals surface area contributed by atoms with Gasteiger partial charge < -0.3 is 11.1 Å². The largest absolute Gasteiger partial charge is 0.399 e. The zero-order valence-corrected chi connectivity index (χ0v) is 10.5. The molecule has 0 fully saturated rings. The lowest BCUT2D eigenvalue weighted by Gasteiger charge is -2.09. The molecule has 0 atom stereocenters. The van der Waals surface area contributed by atoms with Crippen molar-refractivity contribution in [3.05, 3.63) is 52.8 Å². The van der Waals surface area contributed by atoms with Crippen molar-refractivity contribution in [2.75, 3.05) is 11.1 Å². The van der Waals surface area contributed by atoms with Crippen molar-refractivity contribution in [2.45, 2.75) is 6.92 Å². The minimum atomic E-state index is -0.256. The maximum absolute atomic E-state index is 12.0. The number of nitrogens with zero attached hydrogens (tertiary/aromatic N) is 1. The summed E-state index contributed by atoms with van der Waals surface area (Å²) in [4.78, 5) is 16.1. The Hall–Kier alpha value is -2.07. The second-order valence-corrected chi connectivity index (χ2v) is 4.24. The lowest BCUT2D eigenvalue weighted by atomic mass is 10.2. The van der Waals surface area contributed by atoms with E-state index >= 15 is 0 Å². The summed E-state index contributed by atoms with van der Waals surface area (Å²) in [7, 11) is 0. The van der Waals surface area contributed by atoms with Crippen molar-refractivity contribution in [1.29, 1.82) is 0 Å². The first-order chi connectivity index (χ1) is 8.58. The Balaban J connectivity index is 2.27. The van der Waals surface area contributed by atoms with Crippen molar-refractivity contribution >= 4 is 28.9 Å². The molecule has 0 aliphatic heterocycles. The van der Waals surface area contributed by atoms with Crippen LogP contribution in [-0.4, -0.2) is 10.9 Å². The number of anilines is 2. The van der Waals surface area contributed by atoms with Gasteiger partial charge in [-0.25, -0.2) is 0 Å². The molecule has 4 nitrogen and oxygen atoms in total. The fourth-order valence-electron chi connectivity index (χ4n) is 1.55. The van der Waals surface area contributed by atoms with Gasteiger partial charge in [-0.1, -0.05) is 11.6 Å². The molecule has 1 amide bonds. The Kier molecular flexibility index (Phi) is 3.48. The van der Waals surface area contributed by atoms with Crippen LogP contribution in [0, 0.1) is 6.92 Å². The number of nitrogens with two attached hydrogens (primary N) is 1. The number of rotatable bonds is 2. The molecule has 1 heterocycles. The molecule has 2 rings (SSSR count). The highest BCUT2D eigenvalue weighted by molar-refractivity contribution is 6.34. The SMILES string of the molecule is Cc1ncccc1C(=O)Nc1cc(N)ccc1Cl. The Morgan fingerprint density at radius 2 is 2.17 bits per heavy atom. The minimum absolute atomic E-state index is 0.256. The Morgan fingerprint density at radius 3 is 2.89 bits per heavy atom. The van der Waals surface area contributed by atoms with Crippen molar-refractivity contribution < 1.29 is 4.79 Å². The van der Waals surface area contributed by atoms with E-state index in [-0.39, 0.29) is 5.91 Å². The fraction of sp³-hybridized carbons (Fsp3) is 0.0769. The number of aromatic nitrogens is 1. The molecular formula is C13H12ClN3O. The summed E-state index contributed by atoms with van der Waals surface area (Å²) >= 11 is 5.98. The molecule has 0 aliphatic rings. The predicted molar refractivity (Wildman–Crippen MR) is 72.8 cm³/mol. The summed E-state index contributed by atoms with van der Waals surface area (Å²) in [6.45, 7) is 1.77. The van der Waals surface area contributed by atoms with E-state index in [9.17, 15) is 4.79 Å². The number of carbonyl (C=O) groups excluding carboxylic acids is 1. The predicted octanol–water partition coefficient (Wildman–Crippen LogP) is 2.88. The minimum Gasteiger partial charge on any atom is -0.399 e. The van der Waals surface area contributed by atoms with E-state index in [4.69, 9.17) is 17.3 Å². The van der Waals surface area contributed by atoms with Gasteiger partial charge in [0.1, 0.15) is 0 Å². The average molecular weight is 262 g/mol. The van der Waals surface area contributed by atoms with Gasteiger partial charge in [0.2, 0.25) is 0 Å². The van der Waals surface area contributed by atoms with Crippen LogP contribution in [0.4, 0.5) is 11.4 Å². The molecule has 0 bridgehead atoms. The highest BCUT2D eigenvalue weighted by Gasteiger charge is 2.11. The number of nitrogen functional groups attached to an aromatic ring is 1. The van der Waals surface area contributed by atoms with Gasteiger partial charge in [0.15, 0.2) is 0 Å². The van der Waals surface area contributed by atoms with E-state index in [0.717, 1.165) is 0 Å². The molecule has 0 unspecified atom stereocenters. The third-order valence-electron chi connectivity index (χ3n) is 2.49. The van der Waals surface area contributed by atoms with Crippen molar-refractivity contribution in [3.63, 3.8) is 0 Å². The molecular weight excluding hydrogens is 250 g/mol. The molecule has 2 aromatic rings. The molecule has 0 saturated carbocycles. The summed E-state index contributed by atoms with van der Waals surface area (Å²) in [5.41, 5.74) is 7.85. The quantitative estimate of drug-likeness (QED) is 0.817. The lowest BCUT2D eigenvalue weighted by Crippen LogP contribution is -2.14. The van der Waals surface area contributed by atoms with E-state index in [1.807, 2.05) is 0 Å². The van der Waals surface area contributed by atoms with Gasteiger partial charge in [0.05, 0.1) is 16.3 Å². The number of pyridine rings is 1. The van der Waals surface area contributed by atoms with E-state index in [1.54, 1.807) is 43.5 Å². The van der Waals surface area contributed by atoms with Gasteiger partial charge in [0.25, 0.3) is 5.91 Å². The van der Waals surface area contributed by atoms with Crippen LogP contribution in [0.15, 0.2) is 36.5 Å². The summed E-state index contributed by atoms with van der Waals surface area (Å²) in [5, 5.41) is 3.16. The molecule has 0 spiro atoms. The zero-order valence-electron chi connectivity index (χ0n) is 9.77. The highest BCUT2D eigenvalue weighted by atomic mass is 35.5. The highest BCUT2D eigenvalue weighted by Crippen LogP contribution is 2.24. The van der Waals surface area contributed by atoms with Gasteiger partial charge in [-0.15, -0.1) is 0 Å². The molecule has 1 aromatic carbocycles. The Bertz CT molecular complexity index is 599. The van der Waals surface area contributed by atoms with Gasteiger partial charge >= 0.3 is 0 Å². The van der Waals surface area contributed by atoms with Gasteiger partial charge in [-0.05, 0) is 37.3 Å². The van der Waals surface area contributed by atoms with Crippen LogP contribution in [0.2, 0.25) is 5.02 Å². The number of benzene rings is 1. The van der Waals surface area contributed by atoms with E-state index in [0.29, 0.717) is 27.7 Å². The second kappa shape index (κ2) is 5.06. The maximum Gasteiger partial charge on any atom is 0.257 e. The van der Waals surface area contributed by atoms with Crippen LogP contribution in [0.5, 0.6) is 0 Å². The number of nitrogens with one attached hydrogen (secondary N) is 1. The van der Waals surface area contributed by atoms with Gasteiger partial charge in [-0.2, -0.15) is 0 Å². The summed E-state index contributed by atoms with van der Waals surface area (Å²) < 4.78 is 0. The Morgan fingerprint density at radius 1 is 1.39 bits per heavy atom. The van der Waals surface area contributed by atoms with Crippen molar-refractivity contribution in [2.24, 2.45) is 0 Å². The summed E-state index contributed by atoms with van der Waals surface area (Å²) in [6.07, 6.45) is 1.64. The van der Waals surface area contributed by atoms with E-state index in [2.05, 4.69) is 10.3 Å². The number of carbonyl (C=O) groups is 1. The van der Waals surface area contributed by atoms with Crippen LogP contribution < -0.4 is 11.1 Å². The van der Waals surface area contributed by atoms with Crippen molar-refractivity contribution in [1.82, 2.24) is 4.98 Å². The van der Waals surface area contributed by atoms with Crippen LogP contribution in [0.1, 0.15) is 16.1 Å². The molecule has 0 aliphatic carbocycles. The van der Waals surface area contributed by atoms with E-state index < -0.39 is 0 Å². The Labute approximate surface area is 110 Å². The summed E-state index contributed by atoms with van der Waals surface area (Å²) in [6, 6.07) is 8.35. The molecule has 1 aromatic heterocycles. The van der Waals surface area contributed by atoms with Crippen LogP contribution in [-0.2, 0) is 0 Å². The molecule has 5 heteroatoms. The van der Waals surface area contributed by atoms with E-state index in [1.165, 1.54) is 0 Å². The van der Waals surface area contributed by atoms with Crippen LogP contribution in [0.25, 0.3) is 0 Å². The van der Waals surface area contributed by atoms with Crippen molar-refractivity contribution in [3.8, 4) is 0 Å². The molecule has 3 N–H and O–H groups in total. The normalized spacial score (nSPS) is 10.1. The lowest BCUT2D eigenvalue weighted by molar-refractivity contribution is 0.102. The summed E-state index contributed by atoms with van der Waals surface area (Å²) in [5.74, 6) is -0.256. The van der Waals surface area contributed by atoms with Crippen LogP contribution >= 0.6 is 11.6 Å². The number of hydrogen-bond donors (Lipinski definition) is 2. The standard InChI is InChI=1S/C13H12ClN3O/c1-8-10(3-2-6-16-8)13(18)17-12-7-9(15)4-5-11(12)14/h2-7H,15H2,1H3,(H,17,18). The number of amides is 1. The number of hydrogen-bond acceptors (Lipinski definition) is 3. The number of halogens is 1. The van der Waals surface area contributed by atoms with Gasteiger partial charge in [-0.3, -0.25) is 9.78 Å². The monoisotopic (exact) mass is 261 g/mol. The molecule has 92 valence electrons. The second-order valence-electron chi connectivity index (χ2n) is 3.83. The third kappa shape index (κ3) is 2.60. The molecule has 18 heavy (non-hydrogen) atoms. The zero-order chi connectivity index (χ0) is 13.1. The third-order valence-corrected chi connectivity index (χ3v) is 2.82. The average Bonchev–Trinajstić information content (AvgIpc) is 2.34. The molecule has 0 saturated heterocycles. The van der Waals surface area contributed by atoms with Gasteiger partial charge in [0, 0.05) is 17.6 Å². The number of aryl methyl sites for hydroxylation is 1. The smallest absolute Gasteiger partial charge is 0.257 e. The topological polar surface area (TPSA) is 68.0 Å².